The van der Waals surface area contributed by atoms with Crippen LogP contribution in [0.5, 0.6) is 0 Å². The van der Waals surface area contributed by atoms with Crippen molar-refractivity contribution in [2.24, 2.45) is 0 Å². The Bertz CT molecular complexity index is 668. The smallest absolute Gasteiger partial charge is 0.313 e. The van der Waals surface area contributed by atoms with E-state index in [4.69, 9.17) is 9.47 Å². The number of carbonyl (C=O) groups is 2. The van der Waals surface area contributed by atoms with Crippen molar-refractivity contribution in [2.45, 2.75) is 6.29 Å². The summed E-state index contributed by atoms with van der Waals surface area (Å²) in [6.45, 7) is 0.0942. The summed E-state index contributed by atoms with van der Waals surface area (Å²) in [7, 11) is 2.91. The first-order valence-electron chi connectivity index (χ1n) is 6.77. The van der Waals surface area contributed by atoms with Crippen LogP contribution in [0.15, 0.2) is 42.5 Å². The van der Waals surface area contributed by atoms with E-state index in [2.05, 4.69) is 10.6 Å². The zero-order chi connectivity index (χ0) is 15.9. The number of nitrogens with one attached hydrogen (secondary N) is 2. The van der Waals surface area contributed by atoms with Gasteiger partial charge in [-0.3, -0.25) is 9.59 Å². The lowest BCUT2D eigenvalue weighted by Crippen LogP contribution is -2.40. The number of fused-ring (bicyclic) bond motifs is 1. The lowest BCUT2D eigenvalue weighted by atomic mass is 10.1. The van der Waals surface area contributed by atoms with Gasteiger partial charge in [-0.25, -0.2) is 0 Å². The molecule has 0 fully saturated rings. The number of methoxy groups -OCH3 is 2. The molecular weight excluding hydrogens is 284 g/mol. The van der Waals surface area contributed by atoms with Gasteiger partial charge in [-0.1, -0.05) is 30.3 Å². The summed E-state index contributed by atoms with van der Waals surface area (Å²) in [6.07, 6.45) is -0.586. The zero-order valence-corrected chi connectivity index (χ0v) is 12.5. The van der Waals surface area contributed by atoms with Crippen molar-refractivity contribution in [1.82, 2.24) is 5.32 Å². The first-order valence-corrected chi connectivity index (χ1v) is 6.77. The van der Waals surface area contributed by atoms with Gasteiger partial charge in [-0.15, -0.1) is 0 Å². The second-order valence-corrected chi connectivity index (χ2v) is 4.63. The number of amides is 2. The van der Waals surface area contributed by atoms with Crippen molar-refractivity contribution in [1.29, 1.82) is 0 Å². The van der Waals surface area contributed by atoms with Crippen molar-refractivity contribution in [3.63, 3.8) is 0 Å². The highest BCUT2D eigenvalue weighted by molar-refractivity contribution is 6.39. The van der Waals surface area contributed by atoms with Crippen LogP contribution in [0.4, 0.5) is 5.69 Å². The SMILES string of the molecule is COC(CNC(=O)C(=O)Nc1ccc2ccccc2c1)OC. The Morgan fingerprint density at radius 3 is 2.36 bits per heavy atom. The molecule has 0 aromatic heterocycles. The summed E-state index contributed by atoms with van der Waals surface area (Å²) in [4.78, 5) is 23.5. The van der Waals surface area contributed by atoms with E-state index < -0.39 is 18.1 Å². The van der Waals surface area contributed by atoms with Crippen molar-refractivity contribution < 1.29 is 19.1 Å². The molecule has 0 bridgehead atoms. The van der Waals surface area contributed by atoms with Crippen LogP contribution in [0.2, 0.25) is 0 Å². The normalized spacial score (nSPS) is 10.7. The quantitative estimate of drug-likeness (QED) is 0.648. The number of rotatable bonds is 5. The van der Waals surface area contributed by atoms with Gasteiger partial charge >= 0.3 is 11.8 Å². The van der Waals surface area contributed by atoms with E-state index in [1.54, 1.807) is 6.07 Å². The van der Waals surface area contributed by atoms with Crippen LogP contribution in [0, 0.1) is 0 Å². The minimum Gasteiger partial charge on any atom is -0.354 e. The standard InChI is InChI=1S/C16H18N2O4/c1-21-14(22-2)10-17-15(19)16(20)18-13-8-7-11-5-3-4-6-12(11)9-13/h3-9,14H,10H2,1-2H3,(H,17,19)(H,18,20). The van der Waals surface area contributed by atoms with Gasteiger partial charge in [0.1, 0.15) is 0 Å². The summed E-state index contributed by atoms with van der Waals surface area (Å²) >= 11 is 0. The Morgan fingerprint density at radius 1 is 1.00 bits per heavy atom. The Labute approximate surface area is 128 Å². The largest absolute Gasteiger partial charge is 0.354 e. The number of hydrogen-bond acceptors (Lipinski definition) is 4. The lowest BCUT2D eigenvalue weighted by molar-refractivity contribution is -0.139. The van der Waals surface area contributed by atoms with Gasteiger partial charge in [0.15, 0.2) is 6.29 Å². The molecule has 0 aliphatic heterocycles. The van der Waals surface area contributed by atoms with Gasteiger partial charge in [0.25, 0.3) is 0 Å². The monoisotopic (exact) mass is 302 g/mol. The number of anilines is 1. The minimum absolute atomic E-state index is 0.0942. The fraction of sp³-hybridized carbons (Fsp3) is 0.250. The fourth-order valence-electron chi connectivity index (χ4n) is 1.97. The molecule has 0 atom stereocenters. The van der Waals surface area contributed by atoms with E-state index in [1.807, 2.05) is 36.4 Å². The van der Waals surface area contributed by atoms with Gasteiger partial charge in [0.05, 0.1) is 6.54 Å². The molecule has 2 aromatic carbocycles. The Balaban J connectivity index is 1.96. The molecule has 2 amide bonds. The average molecular weight is 302 g/mol. The molecule has 0 saturated heterocycles. The highest BCUT2D eigenvalue weighted by Crippen LogP contribution is 2.18. The predicted octanol–water partition coefficient (Wildman–Crippen LogP) is 1.51. The third kappa shape index (κ3) is 4.03. The third-order valence-corrected chi connectivity index (χ3v) is 3.17. The van der Waals surface area contributed by atoms with Gasteiger partial charge in [-0.05, 0) is 22.9 Å². The van der Waals surface area contributed by atoms with Gasteiger partial charge in [0, 0.05) is 19.9 Å². The molecule has 6 heteroatoms. The molecule has 0 radical (unpaired) electrons. The van der Waals surface area contributed by atoms with Crippen molar-refractivity contribution in [2.75, 3.05) is 26.1 Å². The van der Waals surface area contributed by atoms with Crippen LogP contribution in [-0.4, -0.2) is 38.9 Å². The fourth-order valence-corrected chi connectivity index (χ4v) is 1.97. The molecule has 0 aliphatic rings. The van der Waals surface area contributed by atoms with Crippen LogP contribution >= 0.6 is 0 Å². The van der Waals surface area contributed by atoms with Crippen LogP contribution in [0.1, 0.15) is 0 Å². The molecule has 0 aliphatic carbocycles. The van der Waals surface area contributed by atoms with Crippen LogP contribution < -0.4 is 10.6 Å². The topological polar surface area (TPSA) is 76.7 Å². The first-order chi connectivity index (χ1) is 10.6. The van der Waals surface area contributed by atoms with Crippen molar-refractivity contribution in [3.8, 4) is 0 Å². The maximum atomic E-state index is 11.8. The van der Waals surface area contributed by atoms with E-state index >= 15 is 0 Å². The maximum Gasteiger partial charge on any atom is 0.313 e. The van der Waals surface area contributed by atoms with Crippen LogP contribution in [-0.2, 0) is 19.1 Å². The minimum atomic E-state index is -0.743. The number of hydrogen-bond donors (Lipinski definition) is 2. The molecule has 2 aromatic rings. The summed E-state index contributed by atoms with van der Waals surface area (Å²) < 4.78 is 9.85. The number of ether oxygens (including phenoxy) is 2. The molecule has 22 heavy (non-hydrogen) atoms. The molecule has 6 nitrogen and oxygen atoms in total. The van der Waals surface area contributed by atoms with E-state index in [-0.39, 0.29) is 6.54 Å². The summed E-state index contributed by atoms with van der Waals surface area (Å²) in [5.41, 5.74) is 0.564. The van der Waals surface area contributed by atoms with Crippen LogP contribution in [0.25, 0.3) is 10.8 Å². The van der Waals surface area contributed by atoms with Gasteiger partial charge < -0.3 is 20.1 Å². The molecule has 0 unspecified atom stereocenters. The average Bonchev–Trinajstić information content (AvgIpc) is 2.55. The molecule has 116 valence electrons. The number of carbonyl (C=O) groups excluding carboxylic acids is 2. The third-order valence-electron chi connectivity index (χ3n) is 3.17. The molecule has 2 rings (SSSR count). The Hall–Kier alpha value is -2.44. The van der Waals surface area contributed by atoms with Crippen LogP contribution in [0.3, 0.4) is 0 Å². The molecule has 0 heterocycles. The summed E-state index contributed by atoms with van der Waals surface area (Å²) in [6, 6.07) is 13.2. The zero-order valence-electron chi connectivity index (χ0n) is 12.5. The first kappa shape index (κ1) is 15.9. The lowest BCUT2D eigenvalue weighted by Gasteiger charge is -2.13. The predicted molar refractivity (Wildman–Crippen MR) is 83.4 cm³/mol. The maximum absolute atomic E-state index is 11.8. The second-order valence-electron chi connectivity index (χ2n) is 4.63. The van der Waals surface area contributed by atoms with E-state index in [0.717, 1.165) is 10.8 Å². The highest BCUT2D eigenvalue weighted by Gasteiger charge is 2.15. The van der Waals surface area contributed by atoms with Crippen molar-refractivity contribution in [3.05, 3.63) is 42.5 Å². The van der Waals surface area contributed by atoms with E-state index in [0.29, 0.717) is 5.69 Å². The second kappa shape index (κ2) is 7.53. The van der Waals surface area contributed by atoms with Crippen molar-refractivity contribution >= 4 is 28.3 Å². The van der Waals surface area contributed by atoms with E-state index in [1.165, 1.54) is 14.2 Å². The summed E-state index contributed by atoms with van der Waals surface area (Å²) in [5.74, 6) is -1.48. The van der Waals surface area contributed by atoms with Gasteiger partial charge in [0.2, 0.25) is 0 Å². The van der Waals surface area contributed by atoms with Gasteiger partial charge in [-0.2, -0.15) is 0 Å². The van der Waals surface area contributed by atoms with E-state index in [9.17, 15) is 9.59 Å². The molecule has 2 N–H and O–H groups in total. The molecule has 0 spiro atoms. The number of benzene rings is 2. The molecule has 0 saturated carbocycles. The Kier molecular flexibility index (Phi) is 5.46. The molecular formula is C16H18N2O4. The summed E-state index contributed by atoms with van der Waals surface area (Å²) in [5, 5.41) is 7.05. The highest BCUT2D eigenvalue weighted by atomic mass is 16.7. The Morgan fingerprint density at radius 2 is 1.68 bits per heavy atom.